The number of alkyl halides is 3. The van der Waals surface area contributed by atoms with Gasteiger partial charge in [0.05, 0.1) is 11.3 Å². The summed E-state index contributed by atoms with van der Waals surface area (Å²) in [7, 11) is 0. The zero-order valence-corrected chi connectivity index (χ0v) is 13.4. The number of halogens is 4. The predicted molar refractivity (Wildman–Crippen MR) is 84.2 cm³/mol. The Balaban J connectivity index is 1.83. The Hall–Kier alpha value is -2.55. The van der Waals surface area contributed by atoms with E-state index >= 15 is 0 Å². The molecule has 0 aromatic heterocycles. The maximum Gasteiger partial charge on any atom is 0.416 e. The van der Waals surface area contributed by atoms with Crippen LogP contribution in [-0.4, -0.2) is 17.6 Å². The van der Waals surface area contributed by atoms with Crippen LogP contribution >= 0.6 is 11.8 Å². The van der Waals surface area contributed by atoms with Gasteiger partial charge >= 0.3 is 6.18 Å². The standard InChI is InChI=1S/C16H12F4N2O2S/c17-12-3-1-2-4-13(12)25-9-14(23)21-22-15(24)10-5-7-11(8-6-10)16(18,19)20/h1-8H,9H2,(H,21,23)(H,22,24). The molecule has 2 N–H and O–H groups in total. The van der Waals surface area contributed by atoms with Crippen LogP contribution in [0.4, 0.5) is 17.6 Å². The number of carbonyl (C=O) groups is 2. The summed E-state index contributed by atoms with van der Waals surface area (Å²) in [6.45, 7) is 0. The van der Waals surface area contributed by atoms with Crippen LogP contribution in [0.1, 0.15) is 15.9 Å². The third-order valence-electron chi connectivity index (χ3n) is 2.99. The minimum absolute atomic E-state index is 0.0462. The van der Waals surface area contributed by atoms with E-state index in [-0.39, 0.29) is 16.2 Å². The molecule has 25 heavy (non-hydrogen) atoms. The van der Waals surface area contributed by atoms with Crippen molar-refractivity contribution in [3.05, 3.63) is 65.5 Å². The molecule has 0 fully saturated rings. The number of amides is 2. The highest BCUT2D eigenvalue weighted by molar-refractivity contribution is 8.00. The number of rotatable bonds is 4. The second-order valence-corrected chi connectivity index (χ2v) is 5.81. The van der Waals surface area contributed by atoms with E-state index in [0.29, 0.717) is 0 Å². The fraction of sp³-hybridized carbons (Fsp3) is 0.125. The average Bonchev–Trinajstić information content (AvgIpc) is 2.58. The molecule has 0 aliphatic rings. The van der Waals surface area contributed by atoms with Crippen LogP contribution in [0.15, 0.2) is 53.4 Å². The molecule has 0 bridgehead atoms. The minimum atomic E-state index is -4.49. The van der Waals surface area contributed by atoms with Crippen LogP contribution in [0.5, 0.6) is 0 Å². The van der Waals surface area contributed by atoms with E-state index in [1.54, 1.807) is 6.07 Å². The highest BCUT2D eigenvalue weighted by Crippen LogP contribution is 2.29. The van der Waals surface area contributed by atoms with Gasteiger partial charge in [-0.1, -0.05) is 12.1 Å². The predicted octanol–water partition coefficient (Wildman–Crippen LogP) is 3.40. The first-order valence-electron chi connectivity index (χ1n) is 6.91. The van der Waals surface area contributed by atoms with Crippen molar-refractivity contribution in [3.8, 4) is 0 Å². The SMILES string of the molecule is O=C(CSc1ccccc1F)NNC(=O)c1ccc(C(F)(F)F)cc1. The minimum Gasteiger partial charge on any atom is -0.272 e. The van der Waals surface area contributed by atoms with Crippen LogP contribution in [0.2, 0.25) is 0 Å². The van der Waals surface area contributed by atoms with E-state index in [0.717, 1.165) is 36.0 Å². The van der Waals surface area contributed by atoms with Crippen molar-refractivity contribution in [1.82, 2.24) is 10.9 Å². The van der Waals surface area contributed by atoms with E-state index in [2.05, 4.69) is 10.9 Å². The molecule has 4 nitrogen and oxygen atoms in total. The molecule has 2 aromatic carbocycles. The number of carbonyl (C=O) groups excluding carboxylic acids is 2. The average molecular weight is 372 g/mol. The Morgan fingerprint density at radius 3 is 2.20 bits per heavy atom. The molecule has 0 heterocycles. The molecule has 2 aromatic rings. The largest absolute Gasteiger partial charge is 0.416 e. The lowest BCUT2D eigenvalue weighted by Crippen LogP contribution is -2.42. The van der Waals surface area contributed by atoms with Crippen LogP contribution in [0.25, 0.3) is 0 Å². The Labute approximate surface area is 144 Å². The highest BCUT2D eigenvalue weighted by Gasteiger charge is 2.30. The molecule has 9 heteroatoms. The summed E-state index contributed by atoms with van der Waals surface area (Å²) in [5.74, 6) is -1.96. The number of thioether (sulfide) groups is 1. The molecular weight excluding hydrogens is 360 g/mol. The van der Waals surface area contributed by atoms with Gasteiger partial charge in [-0.15, -0.1) is 11.8 Å². The lowest BCUT2D eigenvalue weighted by atomic mass is 10.1. The van der Waals surface area contributed by atoms with E-state index in [1.165, 1.54) is 18.2 Å². The Morgan fingerprint density at radius 2 is 1.60 bits per heavy atom. The number of benzene rings is 2. The fourth-order valence-electron chi connectivity index (χ4n) is 1.75. The molecule has 0 saturated carbocycles. The molecule has 2 amide bonds. The Bertz CT molecular complexity index is 763. The number of hydrazine groups is 1. The zero-order valence-electron chi connectivity index (χ0n) is 12.6. The van der Waals surface area contributed by atoms with Crippen molar-refractivity contribution in [1.29, 1.82) is 0 Å². The zero-order chi connectivity index (χ0) is 18.4. The van der Waals surface area contributed by atoms with Gasteiger partial charge < -0.3 is 0 Å². The third-order valence-corrected chi connectivity index (χ3v) is 4.03. The van der Waals surface area contributed by atoms with Gasteiger partial charge in [-0.2, -0.15) is 13.2 Å². The van der Waals surface area contributed by atoms with Crippen LogP contribution in [-0.2, 0) is 11.0 Å². The Kier molecular flexibility index (Phi) is 6.02. The molecule has 0 spiro atoms. The summed E-state index contributed by atoms with van der Waals surface area (Å²) in [6, 6.07) is 9.44. The molecule has 0 unspecified atom stereocenters. The van der Waals surface area contributed by atoms with E-state index in [9.17, 15) is 27.2 Å². The molecule has 0 radical (unpaired) electrons. The summed E-state index contributed by atoms with van der Waals surface area (Å²) in [4.78, 5) is 23.7. The monoisotopic (exact) mass is 372 g/mol. The van der Waals surface area contributed by atoms with E-state index in [4.69, 9.17) is 0 Å². The van der Waals surface area contributed by atoms with Gasteiger partial charge in [-0.3, -0.25) is 20.4 Å². The first kappa shape index (κ1) is 18.8. The molecule has 0 aliphatic carbocycles. The number of hydrogen-bond acceptors (Lipinski definition) is 3. The van der Waals surface area contributed by atoms with Gasteiger partial charge in [0.2, 0.25) is 5.91 Å². The molecule has 2 rings (SSSR count). The van der Waals surface area contributed by atoms with E-state index in [1.807, 2.05) is 0 Å². The summed E-state index contributed by atoms with van der Waals surface area (Å²) in [5.41, 5.74) is 3.27. The van der Waals surface area contributed by atoms with Crippen molar-refractivity contribution < 1.29 is 27.2 Å². The van der Waals surface area contributed by atoms with Crippen LogP contribution in [0, 0.1) is 5.82 Å². The molecule has 132 valence electrons. The second-order valence-electron chi connectivity index (χ2n) is 4.80. The number of nitrogens with one attached hydrogen (secondary N) is 2. The summed E-state index contributed by atoms with van der Waals surface area (Å²) in [5, 5.41) is 0. The first-order chi connectivity index (χ1) is 11.8. The molecular formula is C16H12F4N2O2S. The van der Waals surface area contributed by atoms with Crippen molar-refractivity contribution in [2.45, 2.75) is 11.1 Å². The normalized spacial score (nSPS) is 11.0. The van der Waals surface area contributed by atoms with E-state index < -0.39 is 29.4 Å². The lowest BCUT2D eigenvalue weighted by Gasteiger charge is -2.09. The van der Waals surface area contributed by atoms with Gasteiger partial charge in [0.15, 0.2) is 0 Å². The van der Waals surface area contributed by atoms with Crippen LogP contribution < -0.4 is 10.9 Å². The van der Waals surface area contributed by atoms with Gasteiger partial charge in [0.1, 0.15) is 5.82 Å². The maximum absolute atomic E-state index is 13.4. The van der Waals surface area contributed by atoms with Crippen molar-refractivity contribution in [2.75, 3.05) is 5.75 Å². The molecule has 0 saturated heterocycles. The third kappa shape index (κ3) is 5.49. The maximum atomic E-state index is 13.4. The fourth-order valence-corrected chi connectivity index (χ4v) is 2.49. The highest BCUT2D eigenvalue weighted by atomic mass is 32.2. The Morgan fingerprint density at radius 1 is 0.960 bits per heavy atom. The van der Waals surface area contributed by atoms with Crippen molar-refractivity contribution in [3.63, 3.8) is 0 Å². The summed E-state index contributed by atoms with van der Waals surface area (Å²) < 4.78 is 50.7. The molecule has 0 atom stereocenters. The topological polar surface area (TPSA) is 58.2 Å². The van der Waals surface area contributed by atoms with Gasteiger partial charge in [0, 0.05) is 10.5 Å². The lowest BCUT2D eigenvalue weighted by molar-refractivity contribution is -0.137. The summed E-state index contributed by atoms with van der Waals surface area (Å²) >= 11 is 0.944. The van der Waals surface area contributed by atoms with Crippen LogP contribution in [0.3, 0.4) is 0 Å². The smallest absolute Gasteiger partial charge is 0.272 e. The number of hydrogen-bond donors (Lipinski definition) is 2. The van der Waals surface area contributed by atoms with Gasteiger partial charge in [-0.05, 0) is 36.4 Å². The van der Waals surface area contributed by atoms with Gasteiger partial charge in [0.25, 0.3) is 5.91 Å². The molecule has 0 aliphatic heterocycles. The summed E-state index contributed by atoms with van der Waals surface area (Å²) in [6.07, 6.45) is -4.49. The quantitative estimate of drug-likeness (QED) is 0.491. The second kappa shape index (κ2) is 8.02. The van der Waals surface area contributed by atoms with Crippen molar-refractivity contribution in [2.24, 2.45) is 0 Å². The van der Waals surface area contributed by atoms with Gasteiger partial charge in [-0.25, -0.2) is 4.39 Å². The van der Waals surface area contributed by atoms with Crippen molar-refractivity contribution >= 4 is 23.6 Å². The first-order valence-corrected chi connectivity index (χ1v) is 7.89.